The molecule has 40 heavy (non-hydrogen) atoms. The third-order valence-electron chi connectivity index (χ3n) is 5.59. The maximum atomic E-state index is 13.1. The molecule has 0 fully saturated rings. The zero-order valence-corrected chi connectivity index (χ0v) is 23.9. The number of hydrogen-bond donors (Lipinski definition) is 4. The van der Waals surface area contributed by atoms with Crippen LogP contribution in [-0.2, 0) is 11.3 Å². The lowest BCUT2D eigenvalue weighted by atomic mass is 10.1. The number of benzene rings is 3. The summed E-state index contributed by atoms with van der Waals surface area (Å²) in [4.78, 5) is 38.1. The van der Waals surface area contributed by atoms with Gasteiger partial charge in [-0.2, -0.15) is 0 Å². The number of carbonyl (C=O) groups is 3. The molecule has 4 N–H and O–H groups in total. The van der Waals surface area contributed by atoms with Crippen molar-refractivity contribution in [2.75, 3.05) is 17.2 Å². The van der Waals surface area contributed by atoms with Gasteiger partial charge in [-0.3, -0.25) is 14.4 Å². The van der Waals surface area contributed by atoms with Gasteiger partial charge in [-0.25, -0.2) is 8.78 Å². The zero-order chi connectivity index (χ0) is 29.4. The molecule has 1 atom stereocenters. The molecule has 12 heteroatoms. The van der Waals surface area contributed by atoms with Crippen molar-refractivity contribution in [1.29, 1.82) is 0 Å². The first-order valence-corrected chi connectivity index (χ1v) is 13.3. The predicted molar refractivity (Wildman–Crippen MR) is 152 cm³/mol. The van der Waals surface area contributed by atoms with Gasteiger partial charge in [0.2, 0.25) is 5.91 Å². The maximum absolute atomic E-state index is 13.1. The molecule has 0 aliphatic carbocycles. The van der Waals surface area contributed by atoms with E-state index in [1.165, 1.54) is 30.3 Å². The van der Waals surface area contributed by atoms with Crippen LogP contribution < -0.4 is 20.7 Å². The SMILES string of the molecule is CC(C)C(O)C(=O)NCc1ccc(Cl)c(C(=O)Nc2ccc(OCC(F)F)c(C(=O)Nc3ccc(Br)cc3)c2)c1. The van der Waals surface area contributed by atoms with Crippen molar-refractivity contribution in [3.63, 3.8) is 0 Å². The number of hydrogen-bond acceptors (Lipinski definition) is 5. The first-order chi connectivity index (χ1) is 18.9. The van der Waals surface area contributed by atoms with Crippen molar-refractivity contribution < 1.29 is 33.0 Å². The number of alkyl halides is 2. The Morgan fingerprint density at radius 1 is 0.925 bits per heavy atom. The fraction of sp³-hybridized carbons (Fsp3) is 0.250. The van der Waals surface area contributed by atoms with Gasteiger partial charge in [0.25, 0.3) is 18.2 Å². The van der Waals surface area contributed by atoms with Crippen molar-refractivity contribution in [2.45, 2.75) is 32.9 Å². The molecule has 0 aliphatic rings. The van der Waals surface area contributed by atoms with Crippen LogP contribution in [-0.4, -0.2) is 42.0 Å². The third kappa shape index (κ3) is 8.73. The molecule has 0 spiro atoms. The Morgan fingerprint density at radius 3 is 2.20 bits per heavy atom. The minimum atomic E-state index is -2.75. The molecule has 0 aliphatic heterocycles. The molecule has 0 aromatic heterocycles. The van der Waals surface area contributed by atoms with E-state index in [-0.39, 0.29) is 40.0 Å². The van der Waals surface area contributed by atoms with Crippen LogP contribution in [0.25, 0.3) is 0 Å². The molecule has 8 nitrogen and oxygen atoms in total. The number of aliphatic hydroxyl groups excluding tert-OH is 1. The topological polar surface area (TPSA) is 117 Å². The van der Waals surface area contributed by atoms with Gasteiger partial charge in [0.1, 0.15) is 18.5 Å². The van der Waals surface area contributed by atoms with Crippen molar-refractivity contribution in [2.24, 2.45) is 5.92 Å². The Hall–Kier alpha value is -3.54. The molecule has 0 heterocycles. The van der Waals surface area contributed by atoms with E-state index in [0.29, 0.717) is 11.3 Å². The lowest BCUT2D eigenvalue weighted by Crippen LogP contribution is -2.37. The monoisotopic (exact) mass is 637 g/mol. The third-order valence-corrected chi connectivity index (χ3v) is 6.45. The van der Waals surface area contributed by atoms with Crippen LogP contribution in [0.5, 0.6) is 5.75 Å². The second-order valence-corrected chi connectivity index (χ2v) is 10.4. The van der Waals surface area contributed by atoms with Gasteiger partial charge in [0, 0.05) is 22.4 Å². The average molecular weight is 639 g/mol. The van der Waals surface area contributed by atoms with E-state index in [9.17, 15) is 28.3 Å². The van der Waals surface area contributed by atoms with Crippen molar-refractivity contribution in [1.82, 2.24) is 5.32 Å². The first kappa shape index (κ1) is 31.0. The number of carbonyl (C=O) groups excluding carboxylic acids is 3. The molecule has 0 bridgehead atoms. The molecule has 1 unspecified atom stereocenters. The van der Waals surface area contributed by atoms with Gasteiger partial charge >= 0.3 is 0 Å². The highest BCUT2D eigenvalue weighted by atomic mass is 79.9. The second-order valence-electron chi connectivity index (χ2n) is 9.05. The predicted octanol–water partition coefficient (Wildman–Crippen LogP) is 5.88. The van der Waals surface area contributed by atoms with Crippen LogP contribution in [0.4, 0.5) is 20.2 Å². The van der Waals surface area contributed by atoms with Crippen LogP contribution in [0.3, 0.4) is 0 Å². The highest BCUT2D eigenvalue weighted by molar-refractivity contribution is 9.10. The number of nitrogens with one attached hydrogen (secondary N) is 3. The Morgan fingerprint density at radius 2 is 1.55 bits per heavy atom. The summed E-state index contributed by atoms with van der Waals surface area (Å²) in [7, 11) is 0. The Kier molecular flexibility index (Phi) is 11.0. The van der Waals surface area contributed by atoms with E-state index in [2.05, 4.69) is 31.9 Å². The summed E-state index contributed by atoms with van der Waals surface area (Å²) < 4.78 is 31.5. The Labute approximate surface area is 243 Å². The molecule has 3 aromatic carbocycles. The maximum Gasteiger partial charge on any atom is 0.272 e. The molecular weight excluding hydrogens is 612 g/mol. The normalized spacial score (nSPS) is 11.7. The van der Waals surface area contributed by atoms with Crippen molar-refractivity contribution >= 4 is 56.6 Å². The van der Waals surface area contributed by atoms with Crippen LogP contribution >= 0.6 is 27.5 Å². The minimum Gasteiger partial charge on any atom is -0.487 e. The molecule has 0 radical (unpaired) electrons. The molecular formula is C28H27BrClF2N3O5. The largest absolute Gasteiger partial charge is 0.487 e. The first-order valence-electron chi connectivity index (χ1n) is 12.1. The van der Waals surface area contributed by atoms with E-state index in [1.54, 1.807) is 44.2 Å². The highest BCUT2D eigenvalue weighted by Gasteiger charge is 2.20. The summed E-state index contributed by atoms with van der Waals surface area (Å²) in [6.45, 7) is 2.55. The van der Waals surface area contributed by atoms with E-state index < -0.39 is 36.9 Å². The van der Waals surface area contributed by atoms with Crippen molar-refractivity contribution in [3.8, 4) is 5.75 Å². The standard InChI is InChI=1S/C28H27BrClF2N3O5/c1-15(2)25(36)28(39)33-13-16-3-9-22(30)20(11-16)26(37)35-19-8-10-23(40-14-24(31)32)21(12-19)27(38)34-18-6-4-17(29)5-7-18/h3-12,15,24-25,36H,13-14H2,1-2H3,(H,33,39)(H,34,38)(H,35,37). The summed E-state index contributed by atoms with van der Waals surface area (Å²) >= 11 is 9.55. The van der Waals surface area contributed by atoms with Crippen LogP contribution in [0.2, 0.25) is 5.02 Å². The summed E-state index contributed by atoms with van der Waals surface area (Å²) in [5.74, 6) is -2.14. The fourth-order valence-corrected chi connectivity index (χ4v) is 3.91. The van der Waals surface area contributed by atoms with E-state index in [0.717, 1.165) is 4.47 Å². The number of rotatable bonds is 11. The second kappa shape index (κ2) is 14.2. The highest BCUT2D eigenvalue weighted by Crippen LogP contribution is 2.27. The number of amides is 3. The average Bonchev–Trinajstić information content (AvgIpc) is 2.92. The van der Waals surface area contributed by atoms with Gasteiger partial charge in [-0.15, -0.1) is 0 Å². The summed E-state index contributed by atoms with van der Waals surface area (Å²) in [6, 6.07) is 15.4. The summed E-state index contributed by atoms with van der Waals surface area (Å²) in [5, 5.41) is 17.9. The molecule has 212 valence electrons. The fourth-order valence-electron chi connectivity index (χ4n) is 3.45. The van der Waals surface area contributed by atoms with Crippen molar-refractivity contribution in [3.05, 3.63) is 86.8 Å². The quantitative estimate of drug-likeness (QED) is 0.209. The van der Waals surface area contributed by atoms with Crippen LogP contribution in [0.15, 0.2) is 65.1 Å². The van der Waals surface area contributed by atoms with Gasteiger partial charge < -0.3 is 25.8 Å². The molecule has 3 rings (SSSR count). The number of aliphatic hydroxyl groups is 1. The zero-order valence-electron chi connectivity index (χ0n) is 21.5. The molecule has 0 saturated carbocycles. The van der Waals surface area contributed by atoms with Gasteiger partial charge in [0.15, 0.2) is 0 Å². The van der Waals surface area contributed by atoms with Gasteiger partial charge in [0.05, 0.1) is 16.1 Å². The lowest BCUT2D eigenvalue weighted by molar-refractivity contribution is -0.131. The molecule has 3 amide bonds. The Balaban J connectivity index is 1.80. The molecule has 0 saturated heterocycles. The molecule has 3 aromatic rings. The van der Waals surface area contributed by atoms with Gasteiger partial charge in [-0.05, 0) is 66.1 Å². The number of ether oxygens (including phenoxy) is 1. The Bertz CT molecular complexity index is 1370. The summed E-state index contributed by atoms with van der Waals surface area (Å²) in [6.07, 6.45) is -3.92. The van der Waals surface area contributed by atoms with E-state index in [4.69, 9.17) is 16.3 Å². The minimum absolute atomic E-state index is 0.0522. The number of anilines is 2. The van der Waals surface area contributed by atoms with Crippen LogP contribution in [0.1, 0.15) is 40.1 Å². The number of halogens is 4. The summed E-state index contributed by atoms with van der Waals surface area (Å²) in [5.41, 5.74) is 1.22. The van der Waals surface area contributed by atoms with E-state index in [1.807, 2.05) is 0 Å². The lowest BCUT2D eigenvalue weighted by Gasteiger charge is -2.15. The smallest absolute Gasteiger partial charge is 0.272 e. The van der Waals surface area contributed by atoms with Gasteiger partial charge in [-0.1, -0.05) is 47.4 Å². The van der Waals surface area contributed by atoms with E-state index >= 15 is 0 Å². The van der Waals surface area contributed by atoms with Crippen LogP contribution in [0, 0.1) is 5.92 Å².